The zero-order valence-corrected chi connectivity index (χ0v) is 17.9. The molecule has 8 nitrogen and oxygen atoms in total. The summed E-state index contributed by atoms with van der Waals surface area (Å²) in [6.45, 7) is 2.93. The quantitative estimate of drug-likeness (QED) is 0.411. The van der Waals surface area contributed by atoms with E-state index in [4.69, 9.17) is 4.98 Å². The van der Waals surface area contributed by atoms with Crippen molar-refractivity contribution in [1.82, 2.24) is 38.8 Å². The van der Waals surface area contributed by atoms with E-state index in [-0.39, 0.29) is 0 Å². The summed E-state index contributed by atoms with van der Waals surface area (Å²) >= 11 is 0. The third-order valence-corrected chi connectivity index (χ3v) is 7.54. The van der Waals surface area contributed by atoms with Gasteiger partial charge < -0.3 is 8.97 Å². The van der Waals surface area contributed by atoms with Crippen LogP contribution < -0.4 is 0 Å². The fourth-order valence-electron chi connectivity index (χ4n) is 5.81. The fraction of sp³-hybridized carbons (Fsp3) is 0.280. The van der Waals surface area contributed by atoms with Crippen LogP contribution in [0.2, 0.25) is 0 Å². The Bertz CT molecular complexity index is 1480. The summed E-state index contributed by atoms with van der Waals surface area (Å²) in [5.74, 6) is 3.12. The average molecular weight is 435 g/mol. The van der Waals surface area contributed by atoms with Gasteiger partial charge in [-0.05, 0) is 47.6 Å². The van der Waals surface area contributed by atoms with Crippen LogP contribution in [0.15, 0.2) is 73.7 Å². The van der Waals surface area contributed by atoms with Crippen molar-refractivity contribution in [3.63, 3.8) is 0 Å². The minimum absolute atomic E-state index is 0.577. The summed E-state index contributed by atoms with van der Waals surface area (Å²) in [5, 5.41) is 8.69. The van der Waals surface area contributed by atoms with E-state index in [1.165, 1.54) is 12.1 Å². The second-order valence-electron chi connectivity index (χ2n) is 9.60. The molecule has 2 saturated heterocycles. The molecule has 2 atom stereocenters. The molecule has 0 radical (unpaired) electrons. The van der Waals surface area contributed by atoms with Crippen LogP contribution >= 0.6 is 0 Å². The monoisotopic (exact) mass is 434 g/mol. The van der Waals surface area contributed by atoms with Crippen molar-refractivity contribution in [2.24, 2.45) is 17.8 Å². The van der Waals surface area contributed by atoms with E-state index in [1.54, 1.807) is 0 Å². The van der Waals surface area contributed by atoms with Gasteiger partial charge in [0.05, 0.1) is 30.3 Å². The number of rotatable bonds is 6. The lowest BCUT2D eigenvalue weighted by atomic mass is 10.2. The molecule has 9 rings (SSSR count). The molecule has 5 aromatic heterocycles. The second kappa shape index (κ2) is 6.39. The first-order chi connectivity index (χ1) is 16.3. The molecule has 8 heteroatoms. The number of piperidine rings is 1. The van der Waals surface area contributed by atoms with Gasteiger partial charge in [0.25, 0.3) is 0 Å². The van der Waals surface area contributed by atoms with E-state index in [9.17, 15) is 0 Å². The molecule has 0 N–H and O–H groups in total. The van der Waals surface area contributed by atoms with Gasteiger partial charge in [-0.15, -0.1) is 5.10 Å². The van der Waals surface area contributed by atoms with E-state index < -0.39 is 0 Å². The molecular weight excluding hydrogens is 412 g/mol. The van der Waals surface area contributed by atoms with Crippen molar-refractivity contribution >= 4 is 5.65 Å². The van der Waals surface area contributed by atoms with Gasteiger partial charge in [0, 0.05) is 55.7 Å². The minimum atomic E-state index is 0.577. The topological polar surface area (TPSA) is 69.1 Å². The summed E-state index contributed by atoms with van der Waals surface area (Å²) in [6, 6.07) is 11.3. The molecule has 0 amide bonds. The molecule has 2 aliphatic carbocycles. The molecule has 2 bridgehead atoms. The number of fused-ring (bicyclic) bond motifs is 2. The van der Waals surface area contributed by atoms with Crippen LogP contribution in [0.3, 0.4) is 0 Å². The number of pyridine rings is 2. The van der Waals surface area contributed by atoms with Crippen molar-refractivity contribution in [2.75, 3.05) is 6.54 Å². The van der Waals surface area contributed by atoms with E-state index in [0.29, 0.717) is 6.54 Å². The third kappa shape index (κ3) is 2.80. The largest absolute Gasteiger partial charge is 0.322 e. The van der Waals surface area contributed by atoms with Crippen LogP contribution in [0.25, 0.3) is 22.6 Å². The van der Waals surface area contributed by atoms with Crippen molar-refractivity contribution in [3.05, 3.63) is 85.0 Å². The van der Waals surface area contributed by atoms with Gasteiger partial charge >= 0.3 is 0 Å². The number of hydrogen-bond acceptors (Lipinski definition) is 5. The van der Waals surface area contributed by atoms with E-state index in [0.717, 1.165) is 58.6 Å². The number of imidazole rings is 1. The molecule has 2 unspecified atom stereocenters. The fourth-order valence-corrected chi connectivity index (χ4v) is 5.81. The summed E-state index contributed by atoms with van der Waals surface area (Å²) in [5.41, 5.74) is 6.03. The SMILES string of the molecule is c1ccn(-c2cncc(-c3cn(Cc4cn5cc(CN6CC7C8C7C86)ccc5n4)nn3)c2)c1. The van der Waals surface area contributed by atoms with Crippen LogP contribution in [0, 0.1) is 17.8 Å². The van der Waals surface area contributed by atoms with Gasteiger partial charge in [0.1, 0.15) is 11.3 Å². The lowest BCUT2D eigenvalue weighted by Crippen LogP contribution is -2.20. The van der Waals surface area contributed by atoms with Gasteiger partial charge in [-0.1, -0.05) is 11.3 Å². The highest BCUT2D eigenvalue weighted by Gasteiger charge is 2.79. The van der Waals surface area contributed by atoms with Crippen molar-refractivity contribution in [3.8, 4) is 16.9 Å². The highest BCUT2D eigenvalue weighted by molar-refractivity contribution is 5.59. The number of hydrogen-bond donors (Lipinski definition) is 0. The summed E-state index contributed by atoms with van der Waals surface area (Å²) in [4.78, 5) is 11.8. The maximum Gasteiger partial charge on any atom is 0.137 e. The minimum Gasteiger partial charge on any atom is -0.322 e. The zero-order valence-electron chi connectivity index (χ0n) is 17.9. The second-order valence-corrected chi connectivity index (χ2v) is 9.60. The number of aromatic nitrogens is 7. The maximum absolute atomic E-state index is 4.78. The van der Waals surface area contributed by atoms with Gasteiger partial charge in [0.2, 0.25) is 0 Å². The van der Waals surface area contributed by atoms with E-state index in [1.807, 2.05) is 52.4 Å². The van der Waals surface area contributed by atoms with Gasteiger partial charge in [0.15, 0.2) is 0 Å². The summed E-state index contributed by atoms with van der Waals surface area (Å²) < 4.78 is 6.00. The Hall–Kier alpha value is -3.78. The smallest absolute Gasteiger partial charge is 0.137 e. The predicted octanol–water partition coefficient (Wildman–Crippen LogP) is 2.89. The Morgan fingerprint density at radius 3 is 2.73 bits per heavy atom. The third-order valence-electron chi connectivity index (χ3n) is 7.54. The molecule has 2 saturated carbocycles. The molecule has 4 fully saturated rings. The van der Waals surface area contributed by atoms with Gasteiger partial charge in [-0.3, -0.25) is 9.88 Å². The molecule has 2 aliphatic heterocycles. The van der Waals surface area contributed by atoms with Crippen LogP contribution in [0.4, 0.5) is 0 Å². The standard InChI is InChI=1S/C25H22N8/c1-2-6-30(5-1)19-7-17(8-26-9-19)21-15-33(29-28-21)13-18-12-31-10-16(3-4-22(31)27-18)11-32-14-20-23-24(20)25(23)32/h1-10,12,15,20,23-25H,11,13-14H2. The van der Waals surface area contributed by atoms with Crippen LogP contribution in [0.1, 0.15) is 11.3 Å². The van der Waals surface area contributed by atoms with Crippen LogP contribution in [0.5, 0.6) is 0 Å². The molecular formula is C25H22N8. The lowest BCUT2D eigenvalue weighted by molar-refractivity contribution is 0.312. The Balaban J connectivity index is 1.01. The van der Waals surface area contributed by atoms with Crippen molar-refractivity contribution in [2.45, 2.75) is 19.1 Å². The van der Waals surface area contributed by atoms with E-state index in [2.05, 4.69) is 55.2 Å². The predicted molar refractivity (Wildman–Crippen MR) is 122 cm³/mol. The normalized spacial score (nSPS) is 25.0. The Morgan fingerprint density at radius 1 is 0.970 bits per heavy atom. The summed E-state index contributed by atoms with van der Waals surface area (Å²) in [7, 11) is 0. The molecule has 7 heterocycles. The Labute approximate surface area is 190 Å². The molecule has 4 aliphatic rings. The van der Waals surface area contributed by atoms with Crippen molar-refractivity contribution in [1.29, 1.82) is 0 Å². The van der Waals surface area contributed by atoms with E-state index >= 15 is 0 Å². The Morgan fingerprint density at radius 2 is 1.88 bits per heavy atom. The first-order valence-electron chi connectivity index (χ1n) is 11.5. The average Bonchev–Trinajstić information content (AvgIpc) is 3.33. The van der Waals surface area contributed by atoms with Crippen LogP contribution in [-0.2, 0) is 13.1 Å². The maximum atomic E-state index is 4.78. The number of nitrogens with zero attached hydrogens (tertiary/aromatic N) is 8. The van der Waals surface area contributed by atoms with Crippen molar-refractivity contribution < 1.29 is 0 Å². The highest BCUT2D eigenvalue weighted by atomic mass is 15.4. The molecule has 33 heavy (non-hydrogen) atoms. The zero-order chi connectivity index (χ0) is 21.5. The Kier molecular flexibility index (Phi) is 3.43. The first-order valence-corrected chi connectivity index (χ1v) is 11.5. The first kappa shape index (κ1) is 17.7. The summed E-state index contributed by atoms with van der Waals surface area (Å²) in [6.07, 6.45) is 13.9. The highest BCUT2D eigenvalue weighted by Crippen LogP contribution is 2.75. The lowest BCUT2D eigenvalue weighted by Gasteiger charge is -2.15. The molecule has 162 valence electrons. The molecule has 0 spiro atoms. The van der Waals surface area contributed by atoms with Gasteiger partial charge in [-0.2, -0.15) is 0 Å². The molecule has 0 aromatic carbocycles. The molecule has 5 aromatic rings. The van der Waals surface area contributed by atoms with Crippen LogP contribution in [-0.4, -0.2) is 51.4 Å². The van der Waals surface area contributed by atoms with Gasteiger partial charge in [-0.25, -0.2) is 9.67 Å².